The number of aromatic hydroxyl groups is 1. The van der Waals surface area contributed by atoms with E-state index in [1.165, 1.54) is 36.5 Å². The summed E-state index contributed by atoms with van der Waals surface area (Å²) in [6.45, 7) is 0. The quantitative estimate of drug-likeness (QED) is 0.526. The van der Waals surface area contributed by atoms with Crippen molar-refractivity contribution in [2.45, 2.75) is 0 Å². The van der Waals surface area contributed by atoms with Crippen molar-refractivity contribution in [3.8, 4) is 5.75 Å². The molecular formula is C13H9N3O5. The number of nitro benzene ring substituents is 2. The van der Waals surface area contributed by atoms with Crippen LogP contribution in [0.1, 0.15) is 5.56 Å². The summed E-state index contributed by atoms with van der Waals surface area (Å²) in [5.74, 6) is -0.438. The van der Waals surface area contributed by atoms with Gasteiger partial charge in [-0.3, -0.25) is 25.2 Å². The highest BCUT2D eigenvalue weighted by atomic mass is 16.6. The van der Waals surface area contributed by atoms with E-state index in [9.17, 15) is 25.3 Å². The lowest BCUT2D eigenvalue weighted by Crippen LogP contribution is -1.91. The lowest BCUT2D eigenvalue weighted by atomic mass is 10.2. The van der Waals surface area contributed by atoms with Gasteiger partial charge in [-0.2, -0.15) is 0 Å². The second-order valence-corrected chi connectivity index (χ2v) is 4.04. The van der Waals surface area contributed by atoms with Gasteiger partial charge in [0.2, 0.25) is 0 Å². The van der Waals surface area contributed by atoms with Crippen molar-refractivity contribution in [3.05, 3.63) is 68.3 Å². The Labute approximate surface area is 118 Å². The molecule has 0 amide bonds. The molecule has 0 saturated carbocycles. The van der Waals surface area contributed by atoms with Crippen LogP contribution in [-0.4, -0.2) is 21.2 Å². The zero-order valence-electron chi connectivity index (χ0n) is 10.5. The van der Waals surface area contributed by atoms with Gasteiger partial charge in [-0.15, -0.1) is 0 Å². The highest BCUT2D eigenvalue weighted by molar-refractivity contribution is 5.83. The van der Waals surface area contributed by atoms with Gasteiger partial charge in [-0.05, 0) is 23.8 Å². The van der Waals surface area contributed by atoms with Gasteiger partial charge in [0.05, 0.1) is 15.5 Å². The fraction of sp³-hybridized carbons (Fsp3) is 0. The fourth-order valence-corrected chi connectivity index (χ4v) is 1.60. The molecule has 2 aromatic rings. The number of non-ortho nitro benzene ring substituents is 1. The summed E-state index contributed by atoms with van der Waals surface area (Å²) >= 11 is 0. The molecular weight excluding hydrogens is 278 g/mol. The SMILES string of the molecule is O=[N+]([O-])c1cccc(N=Cc2ccc(O)c([N+](=O)[O-])c2)c1. The Bertz CT molecular complexity index is 742. The van der Waals surface area contributed by atoms with Crippen LogP contribution >= 0.6 is 0 Å². The lowest BCUT2D eigenvalue weighted by Gasteiger charge is -1.98. The van der Waals surface area contributed by atoms with Crippen LogP contribution in [0.25, 0.3) is 0 Å². The molecule has 0 radical (unpaired) electrons. The average molecular weight is 287 g/mol. The van der Waals surface area contributed by atoms with Gasteiger partial charge in [0.1, 0.15) is 0 Å². The van der Waals surface area contributed by atoms with Crippen molar-refractivity contribution >= 4 is 23.3 Å². The molecule has 0 heterocycles. The first-order chi connectivity index (χ1) is 9.97. The normalized spacial score (nSPS) is 10.7. The van der Waals surface area contributed by atoms with Crippen LogP contribution in [-0.2, 0) is 0 Å². The highest BCUT2D eigenvalue weighted by Gasteiger charge is 2.12. The first kappa shape index (κ1) is 14.1. The molecule has 0 unspecified atom stereocenters. The third kappa shape index (κ3) is 3.38. The third-order valence-corrected chi connectivity index (χ3v) is 2.60. The number of phenolic OH excluding ortho intramolecular Hbond substituents is 1. The number of phenols is 1. The summed E-state index contributed by atoms with van der Waals surface area (Å²) < 4.78 is 0. The first-order valence-corrected chi connectivity index (χ1v) is 5.73. The maximum atomic E-state index is 10.7. The molecule has 0 atom stereocenters. The number of benzene rings is 2. The Morgan fingerprint density at radius 1 is 1.05 bits per heavy atom. The lowest BCUT2D eigenvalue weighted by molar-refractivity contribution is -0.385. The summed E-state index contributed by atoms with van der Waals surface area (Å²) in [5, 5.41) is 30.7. The van der Waals surface area contributed by atoms with E-state index in [1.807, 2.05) is 0 Å². The molecule has 0 aromatic heterocycles. The van der Waals surface area contributed by atoms with Crippen molar-refractivity contribution in [2.24, 2.45) is 4.99 Å². The third-order valence-electron chi connectivity index (χ3n) is 2.60. The molecule has 0 bridgehead atoms. The minimum atomic E-state index is -0.708. The van der Waals surface area contributed by atoms with E-state index in [0.717, 1.165) is 6.07 Å². The molecule has 0 fully saturated rings. The second-order valence-electron chi connectivity index (χ2n) is 4.04. The largest absolute Gasteiger partial charge is 0.502 e. The Balaban J connectivity index is 2.29. The maximum Gasteiger partial charge on any atom is 0.311 e. The zero-order chi connectivity index (χ0) is 15.4. The molecule has 0 aliphatic heterocycles. The van der Waals surface area contributed by atoms with E-state index < -0.39 is 21.3 Å². The van der Waals surface area contributed by atoms with Crippen LogP contribution in [0.2, 0.25) is 0 Å². The predicted octanol–water partition coefficient (Wildman–Crippen LogP) is 2.96. The van der Waals surface area contributed by atoms with E-state index in [4.69, 9.17) is 0 Å². The molecule has 106 valence electrons. The predicted molar refractivity (Wildman–Crippen MR) is 75.1 cm³/mol. The minimum Gasteiger partial charge on any atom is -0.502 e. The molecule has 2 rings (SSSR count). The van der Waals surface area contributed by atoms with Gasteiger partial charge < -0.3 is 5.11 Å². The van der Waals surface area contributed by atoms with Gasteiger partial charge in [-0.25, -0.2) is 0 Å². The van der Waals surface area contributed by atoms with Crippen molar-refractivity contribution in [2.75, 3.05) is 0 Å². The molecule has 0 aliphatic carbocycles. The molecule has 8 heteroatoms. The van der Waals surface area contributed by atoms with E-state index in [1.54, 1.807) is 6.07 Å². The number of hydrogen-bond acceptors (Lipinski definition) is 6. The van der Waals surface area contributed by atoms with Gasteiger partial charge in [0.25, 0.3) is 5.69 Å². The summed E-state index contributed by atoms with van der Waals surface area (Å²) in [5.41, 5.74) is 0.213. The Morgan fingerprint density at radius 3 is 2.48 bits per heavy atom. The Morgan fingerprint density at radius 2 is 1.81 bits per heavy atom. The van der Waals surface area contributed by atoms with Crippen LogP contribution in [0.5, 0.6) is 5.75 Å². The number of nitrogens with zero attached hydrogens (tertiary/aromatic N) is 3. The van der Waals surface area contributed by atoms with Crippen LogP contribution in [0.3, 0.4) is 0 Å². The summed E-state index contributed by atoms with van der Waals surface area (Å²) in [6, 6.07) is 9.48. The van der Waals surface area contributed by atoms with Gasteiger partial charge in [-0.1, -0.05) is 6.07 Å². The zero-order valence-corrected chi connectivity index (χ0v) is 10.5. The maximum absolute atomic E-state index is 10.7. The van der Waals surface area contributed by atoms with Crippen molar-refractivity contribution in [3.63, 3.8) is 0 Å². The van der Waals surface area contributed by atoms with E-state index >= 15 is 0 Å². The fourth-order valence-electron chi connectivity index (χ4n) is 1.60. The van der Waals surface area contributed by atoms with Crippen molar-refractivity contribution in [1.29, 1.82) is 0 Å². The van der Waals surface area contributed by atoms with Gasteiger partial charge in [0.15, 0.2) is 5.75 Å². The van der Waals surface area contributed by atoms with Crippen LogP contribution in [0, 0.1) is 20.2 Å². The van der Waals surface area contributed by atoms with Crippen LogP contribution in [0.4, 0.5) is 17.1 Å². The van der Waals surface area contributed by atoms with Crippen LogP contribution in [0.15, 0.2) is 47.5 Å². The molecule has 0 aliphatic rings. The minimum absolute atomic E-state index is 0.0960. The number of hydrogen-bond donors (Lipinski definition) is 1. The van der Waals surface area contributed by atoms with Gasteiger partial charge >= 0.3 is 5.69 Å². The van der Waals surface area contributed by atoms with Crippen LogP contribution < -0.4 is 0 Å². The summed E-state index contributed by atoms with van der Waals surface area (Å²) in [7, 11) is 0. The van der Waals surface area contributed by atoms with E-state index in [0.29, 0.717) is 11.3 Å². The first-order valence-electron chi connectivity index (χ1n) is 5.73. The van der Waals surface area contributed by atoms with Crippen molar-refractivity contribution < 1.29 is 15.0 Å². The molecule has 1 N–H and O–H groups in total. The number of rotatable bonds is 4. The van der Waals surface area contributed by atoms with E-state index in [-0.39, 0.29) is 5.69 Å². The molecule has 21 heavy (non-hydrogen) atoms. The average Bonchev–Trinajstić information content (AvgIpc) is 2.46. The number of aliphatic imine (C=N–C) groups is 1. The summed E-state index contributed by atoms with van der Waals surface area (Å²) in [6.07, 6.45) is 1.32. The summed E-state index contributed by atoms with van der Waals surface area (Å²) in [4.78, 5) is 24.1. The Kier molecular flexibility index (Phi) is 3.89. The van der Waals surface area contributed by atoms with Gasteiger partial charge in [0, 0.05) is 24.4 Å². The topological polar surface area (TPSA) is 119 Å². The second kappa shape index (κ2) is 5.78. The standard InChI is InChI=1S/C13H9N3O5/c17-13-5-4-9(6-12(13)16(20)21)8-14-10-2-1-3-11(7-10)15(18)19/h1-8,17H. The molecule has 0 spiro atoms. The monoisotopic (exact) mass is 287 g/mol. The molecule has 8 nitrogen and oxygen atoms in total. The highest BCUT2D eigenvalue weighted by Crippen LogP contribution is 2.26. The van der Waals surface area contributed by atoms with E-state index in [2.05, 4.69) is 4.99 Å². The molecule has 2 aromatic carbocycles. The van der Waals surface area contributed by atoms with Crippen molar-refractivity contribution in [1.82, 2.24) is 0 Å². The molecule has 0 saturated heterocycles. The number of nitro groups is 2. The smallest absolute Gasteiger partial charge is 0.311 e. The Hall–Kier alpha value is -3.29.